The van der Waals surface area contributed by atoms with Crippen LogP contribution >= 0.6 is 0 Å². The largest absolute Gasteiger partial charge is 0.395 e. The third kappa shape index (κ3) is 5.34. The Kier molecular flexibility index (Phi) is 7.02. The van der Waals surface area contributed by atoms with Crippen LogP contribution < -0.4 is 0 Å². The first-order valence-electron chi connectivity index (χ1n) is 6.23. The Morgan fingerprint density at radius 2 is 2.05 bits per heavy atom. The number of hydrogen-bond acceptors (Lipinski definition) is 5. The minimum absolute atomic E-state index is 0.0700. The number of benzene rings is 1. The van der Waals surface area contributed by atoms with Crippen LogP contribution in [0, 0.1) is 10.1 Å². The number of hydrogen-bond donors (Lipinski definition) is 1. The lowest BCUT2D eigenvalue weighted by Crippen LogP contribution is -2.32. The number of para-hydroxylation sites is 1. The SMILES string of the molecule is COCCN(CCO)CCc1ccccc1[N+](=O)[O-]. The molecule has 106 valence electrons. The molecule has 0 saturated heterocycles. The van der Waals surface area contributed by atoms with Crippen LogP contribution in [0.4, 0.5) is 5.69 Å². The van der Waals surface area contributed by atoms with Crippen molar-refractivity contribution in [2.24, 2.45) is 0 Å². The van der Waals surface area contributed by atoms with E-state index in [0.29, 0.717) is 38.2 Å². The van der Waals surface area contributed by atoms with Crippen LogP contribution in [0.1, 0.15) is 5.56 Å². The Bertz CT molecular complexity index is 398. The molecule has 1 aromatic rings. The van der Waals surface area contributed by atoms with Gasteiger partial charge >= 0.3 is 0 Å². The molecule has 0 saturated carbocycles. The highest BCUT2D eigenvalue weighted by Gasteiger charge is 2.13. The molecule has 0 aliphatic heterocycles. The van der Waals surface area contributed by atoms with E-state index in [-0.39, 0.29) is 17.2 Å². The first-order chi connectivity index (χ1) is 9.19. The summed E-state index contributed by atoms with van der Waals surface area (Å²) in [5.41, 5.74) is 0.867. The van der Waals surface area contributed by atoms with Gasteiger partial charge in [0.15, 0.2) is 0 Å². The zero-order valence-corrected chi connectivity index (χ0v) is 11.1. The van der Waals surface area contributed by atoms with Gasteiger partial charge in [-0.25, -0.2) is 0 Å². The maximum absolute atomic E-state index is 10.9. The molecule has 0 aliphatic rings. The van der Waals surface area contributed by atoms with Gasteiger partial charge in [0.2, 0.25) is 0 Å². The monoisotopic (exact) mass is 268 g/mol. The molecule has 0 bridgehead atoms. The van der Waals surface area contributed by atoms with Gasteiger partial charge in [-0.2, -0.15) is 0 Å². The van der Waals surface area contributed by atoms with Crippen molar-refractivity contribution in [3.63, 3.8) is 0 Å². The summed E-state index contributed by atoms with van der Waals surface area (Å²) in [7, 11) is 1.62. The molecule has 6 nitrogen and oxygen atoms in total. The van der Waals surface area contributed by atoms with Gasteiger partial charge in [-0.1, -0.05) is 18.2 Å². The van der Waals surface area contributed by atoms with Gasteiger partial charge < -0.3 is 9.84 Å². The second-order valence-corrected chi connectivity index (χ2v) is 4.19. The van der Waals surface area contributed by atoms with E-state index in [0.717, 1.165) is 0 Å². The zero-order valence-electron chi connectivity index (χ0n) is 11.1. The third-order valence-corrected chi connectivity index (χ3v) is 2.91. The predicted octanol–water partition coefficient (Wildman–Crippen LogP) is 1.08. The van der Waals surface area contributed by atoms with Crippen molar-refractivity contribution in [1.82, 2.24) is 4.90 Å². The first kappa shape index (κ1) is 15.6. The maximum Gasteiger partial charge on any atom is 0.272 e. The molecule has 0 spiro atoms. The van der Waals surface area contributed by atoms with E-state index >= 15 is 0 Å². The topological polar surface area (TPSA) is 75.8 Å². The number of methoxy groups -OCH3 is 1. The predicted molar refractivity (Wildman–Crippen MR) is 72.2 cm³/mol. The summed E-state index contributed by atoms with van der Waals surface area (Å²) in [6.45, 7) is 2.56. The van der Waals surface area contributed by atoms with Crippen molar-refractivity contribution >= 4 is 5.69 Å². The maximum atomic E-state index is 10.9. The number of rotatable bonds is 9. The van der Waals surface area contributed by atoms with Gasteiger partial charge in [0.05, 0.1) is 18.1 Å². The lowest BCUT2D eigenvalue weighted by atomic mass is 10.1. The minimum atomic E-state index is -0.360. The van der Waals surface area contributed by atoms with Gasteiger partial charge in [0.25, 0.3) is 5.69 Å². The minimum Gasteiger partial charge on any atom is -0.395 e. The fourth-order valence-corrected chi connectivity index (χ4v) is 1.88. The molecule has 19 heavy (non-hydrogen) atoms. The molecule has 0 fully saturated rings. The Morgan fingerprint density at radius 1 is 1.32 bits per heavy atom. The molecule has 6 heteroatoms. The van der Waals surface area contributed by atoms with Crippen LogP contribution in [0.2, 0.25) is 0 Å². The van der Waals surface area contributed by atoms with Crippen LogP contribution in [-0.4, -0.2) is 54.9 Å². The van der Waals surface area contributed by atoms with E-state index in [1.54, 1.807) is 25.3 Å². The summed E-state index contributed by atoms with van der Waals surface area (Å²) >= 11 is 0. The summed E-state index contributed by atoms with van der Waals surface area (Å²) in [5.74, 6) is 0. The number of aliphatic hydroxyl groups excluding tert-OH is 1. The lowest BCUT2D eigenvalue weighted by Gasteiger charge is -2.20. The van der Waals surface area contributed by atoms with E-state index < -0.39 is 0 Å². The molecule has 0 atom stereocenters. The second-order valence-electron chi connectivity index (χ2n) is 4.19. The van der Waals surface area contributed by atoms with Crippen molar-refractivity contribution in [2.75, 3.05) is 40.0 Å². The molecule has 1 aromatic carbocycles. The van der Waals surface area contributed by atoms with Crippen LogP contribution in [0.15, 0.2) is 24.3 Å². The molecule has 0 amide bonds. The van der Waals surface area contributed by atoms with Gasteiger partial charge in [0, 0.05) is 38.4 Å². The third-order valence-electron chi connectivity index (χ3n) is 2.91. The summed E-state index contributed by atoms with van der Waals surface area (Å²) < 4.78 is 5.00. The second kappa shape index (κ2) is 8.58. The molecule has 0 radical (unpaired) electrons. The number of ether oxygens (including phenoxy) is 1. The Balaban J connectivity index is 2.60. The van der Waals surface area contributed by atoms with E-state index in [1.807, 2.05) is 4.90 Å². The van der Waals surface area contributed by atoms with Gasteiger partial charge in [-0.15, -0.1) is 0 Å². The molecule has 1 rings (SSSR count). The highest BCUT2D eigenvalue weighted by molar-refractivity contribution is 5.39. The number of aliphatic hydroxyl groups is 1. The molecule has 0 unspecified atom stereocenters. The average molecular weight is 268 g/mol. The average Bonchev–Trinajstić information content (AvgIpc) is 2.42. The molecule has 0 aromatic heterocycles. The summed E-state index contributed by atoms with van der Waals surface area (Å²) in [4.78, 5) is 12.6. The van der Waals surface area contributed by atoms with Crippen LogP contribution in [-0.2, 0) is 11.2 Å². The number of nitrogens with zero attached hydrogens (tertiary/aromatic N) is 2. The van der Waals surface area contributed by atoms with E-state index in [2.05, 4.69) is 0 Å². The lowest BCUT2D eigenvalue weighted by molar-refractivity contribution is -0.385. The van der Waals surface area contributed by atoms with E-state index in [9.17, 15) is 10.1 Å². The summed E-state index contributed by atoms with van der Waals surface area (Å²) in [6, 6.07) is 6.75. The molecule has 1 N–H and O–H groups in total. The summed E-state index contributed by atoms with van der Waals surface area (Å²) in [5, 5.41) is 19.9. The Morgan fingerprint density at radius 3 is 2.68 bits per heavy atom. The van der Waals surface area contributed by atoms with Crippen LogP contribution in [0.25, 0.3) is 0 Å². The smallest absolute Gasteiger partial charge is 0.272 e. The number of nitro benzene ring substituents is 1. The van der Waals surface area contributed by atoms with Crippen LogP contribution in [0.5, 0.6) is 0 Å². The highest BCUT2D eigenvalue weighted by atomic mass is 16.6. The van der Waals surface area contributed by atoms with Gasteiger partial charge in [-0.05, 0) is 6.42 Å². The molecule has 0 heterocycles. The van der Waals surface area contributed by atoms with Gasteiger partial charge in [0.1, 0.15) is 0 Å². The Labute approximate surface area is 112 Å². The first-order valence-corrected chi connectivity index (χ1v) is 6.23. The molecular weight excluding hydrogens is 248 g/mol. The van der Waals surface area contributed by atoms with E-state index in [4.69, 9.17) is 9.84 Å². The van der Waals surface area contributed by atoms with E-state index in [1.165, 1.54) is 6.07 Å². The van der Waals surface area contributed by atoms with Crippen molar-refractivity contribution in [2.45, 2.75) is 6.42 Å². The van der Waals surface area contributed by atoms with Crippen molar-refractivity contribution in [3.05, 3.63) is 39.9 Å². The zero-order chi connectivity index (χ0) is 14.1. The fourth-order valence-electron chi connectivity index (χ4n) is 1.88. The highest BCUT2D eigenvalue weighted by Crippen LogP contribution is 2.18. The van der Waals surface area contributed by atoms with Crippen molar-refractivity contribution in [1.29, 1.82) is 0 Å². The standard InChI is InChI=1S/C13H20N2O4/c1-19-11-9-14(8-10-16)7-6-12-4-2-3-5-13(12)15(17)18/h2-5,16H,6-11H2,1H3. The normalized spacial score (nSPS) is 10.9. The van der Waals surface area contributed by atoms with Gasteiger partial charge in [-0.3, -0.25) is 15.0 Å². The molecular formula is C13H20N2O4. The quantitative estimate of drug-likeness (QED) is 0.535. The van der Waals surface area contributed by atoms with Crippen LogP contribution in [0.3, 0.4) is 0 Å². The van der Waals surface area contributed by atoms with Crippen molar-refractivity contribution in [3.8, 4) is 0 Å². The molecule has 0 aliphatic carbocycles. The van der Waals surface area contributed by atoms with Crippen molar-refractivity contribution < 1.29 is 14.8 Å². The number of nitro groups is 1. The fraction of sp³-hybridized carbons (Fsp3) is 0.538. The summed E-state index contributed by atoms with van der Waals surface area (Å²) in [6.07, 6.45) is 0.584. The Hall–Kier alpha value is -1.50.